The Bertz CT molecular complexity index is 570. The first-order valence-electron chi connectivity index (χ1n) is 6.51. The molecule has 1 heterocycles. The molecule has 100 valence electrons. The fraction of sp³-hybridized carbons (Fsp3) is 0.312. The highest BCUT2D eigenvalue weighted by Gasteiger charge is 2.15. The van der Waals surface area contributed by atoms with E-state index in [-0.39, 0.29) is 12.4 Å². The van der Waals surface area contributed by atoms with Crippen molar-refractivity contribution in [3.05, 3.63) is 53.3 Å². The number of carbonyl (C=O) groups excluding carboxylic acids is 1. The lowest BCUT2D eigenvalue weighted by molar-refractivity contribution is 0.0921. The van der Waals surface area contributed by atoms with Gasteiger partial charge in [-0.3, -0.25) is 4.79 Å². The van der Waals surface area contributed by atoms with E-state index >= 15 is 0 Å². The van der Waals surface area contributed by atoms with E-state index in [1.165, 1.54) is 0 Å². The summed E-state index contributed by atoms with van der Waals surface area (Å²) in [6.07, 6.45) is 0. The van der Waals surface area contributed by atoms with Crippen molar-refractivity contribution in [2.45, 2.75) is 27.3 Å². The van der Waals surface area contributed by atoms with E-state index in [2.05, 4.69) is 11.5 Å². The Kier molecular flexibility index (Phi) is 4.05. The first-order chi connectivity index (χ1) is 9.13. The lowest BCUT2D eigenvalue weighted by Crippen LogP contribution is -2.12. The summed E-state index contributed by atoms with van der Waals surface area (Å²) in [4.78, 5) is 12.2. The number of aromatic nitrogens is 1. The molecule has 2 aromatic rings. The minimum Gasteiger partial charge on any atom is -0.485 e. The predicted octanol–water partition coefficient (Wildman–Crippen LogP) is 3.39. The monoisotopic (exact) mass is 257 g/mol. The molecule has 0 fully saturated rings. The fourth-order valence-corrected chi connectivity index (χ4v) is 2.31. The van der Waals surface area contributed by atoms with Crippen LogP contribution in [0.2, 0.25) is 0 Å². The number of ether oxygens (including phenoxy) is 1. The second-order valence-electron chi connectivity index (χ2n) is 4.55. The van der Waals surface area contributed by atoms with Gasteiger partial charge in [-0.05, 0) is 39.0 Å². The van der Waals surface area contributed by atoms with Crippen LogP contribution in [0.25, 0.3) is 0 Å². The molecular weight excluding hydrogens is 238 g/mol. The van der Waals surface area contributed by atoms with Gasteiger partial charge in [-0.15, -0.1) is 0 Å². The molecule has 3 nitrogen and oxygen atoms in total. The minimum absolute atomic E-state index is 0.0247. The van der Waals surface area contributed by atoms with Crippen LogP contribution < -0.4 is 4.74 Å². The molecule has 0 amide bonds. The Morgan fingerprint density at radius 3 is 2.47 bits per heavy atom. The number of hydrogen-bond acceptors (Lipinski definition) is 2. The third-order valence-electron chi connectivity index (χ3n) is 3.30. The number of carbonyl (C=O) groups is 1. The van der Waals surface area contributed by atoms with Crippen molar-refractivity contribution in [1.82, 2.24) is 4.57 Å². The molecule has 0 aliphatic carbocycles. The topological polar surface area (TPSA) is 31.2 Å². The molecule has 0 radical (unpaired) electrons. The Labute approximate surface area is 113 Å². The van der Waals surface area contributed by atoms with Crippen molar-refractivity contribution < 1.29 is 9.53 Å². The number of aryl methyl sites for hydroxylation is 1. The van der Waals surface area contributed by atoms with E-state index in [1.807, 2.05) is 50.2 Å². The van der Waals surface area contributed by atoms with Gasteiger partial charge in [-0.2, -0.15) is 0 Å². The third kappa shape index (κ3) is 2.87. The summed E-state index contributed by atoms with van der Waals surface area (Å²) in [5.41, 5.74) is 2.89. The highest BCUT2D eigenvalue weighted by atomic mass is 16.5. The normalized spacial score (nSPS) is 10.5. The molecule has 0 aliphatic rings. The van der Waals surface area contributed by atoms with Gasteiger partial charge < -0.3 is 9.30 Å². The molecule has 0 bridgehead atoms. The van der Waals surface area contributed by atoms with Crippen molar-refractivity contribution in [3.63, 3.8) is 0 Å². The zero-order valence-electron chi connectivity index (χ0n) is 11.6. The van der Waals surface area contributed by atoms with E-state index in [0.717, 1.165) is 29.2 Å². The van der Waals surface area contributed by atoms with Crippen LogP contribution in [0.3, 0.4) is 0 Å². The van der Waals surface area contributed by atoms with Crippen LogP contribution in [0.4, 0.5) is 0 Å². The standard InChI is InChI=1S/C16H19NO2/c1-4-17-12(2)10-15(13(17)3)16(18)11-19-14-8-6-5-7-9-14/h5-10H,4,11H2,1-3H3. The highest BCUT2D eigenvalue weighted by molar-refractivity contribution is 5.98. The number of benzene rings is 1. The average molecular weight is 257 g/mol. The number of rotatable bonds is 5. The van der Waals surface area contributed by atoms with Crippen LogP contribution in [0.1, 0.15) is 28.7 Å². The van der Waals surface area contributed by atoms with Gasteiger partial charge in [0.25, 0.3) is 0 Å². The molecule has 0 saturated carbocycles. The Balaban J connectivity index is 2.08. The largest absolute Gasteiger partial charge is 0.485 e. The average Bonchev–Trinajstić information content (AvgIpc) is 2.72. The summed E-state index contributed by atoms with van der Waals surface area (Å²) in [6, 6.07) is 11.3. The van der Waals surface area contributed by atoms with Crippen molar-refractivity contribution in [1.29, 1.82) is 0 Å². The zero-order valence-corrected chi connectivity index (χ0v) is 11.6. The molecule has 3 heteroatoms. The maximum Gasteiger partial charge on any atom is 0.202 e. The van der Waals surface area contributed by atoms with Gasteiger partial charge in [0.1, 0.15) is 5.75 Å². The second-order valence-corrected chi connectivity index (χ2v) is 4.55. The maximum atomic E-state index is 12.2. The summed E-state index contributed by atoms with van der Waals surface area (Å²) in [6.45, 7) is 7.04. The number of Topliss-reactive ketones (excluding diaryl/α,β-unsaturated/α-hetero) is 1. The molecule has 1 aromatic carbocycles. The molecule has 1 aromatic heterocycles. The predicted molar refractivity (Wildman–Crippen MR) is 75.8 cm³/mol. The molecule has 0 saturated heterocycles. The highest BCUT2D eigenvalue weighted by Crippen LogP contribution is 2.16. The van der Waals surface area contributed by atoms with E-state index in [4.69, 9.17) is 4.74 Å². The Morgan fingerprint density at radius 2 is 1.89 bits per heavy atom. The summed E-state index contributed by atoms with van der Waals surface area (Å²) in [7, 11) is 0. The third-order valence-corrected chi connectivity index (χ3v) is 3.30. The van der Waals surface area contributed by atoms with Crippen molar-refractivity contribution in [3.8, 4) is 5.75 Å². The van der Waals surface area contributed by atoms with Crippen molar-refractivity contribution in [2.24, 2.45) is 0 Å². The van der Waals surface area contributed by atoms with Crippen LogP contribution >= 0.6 is 0 Å². The molecule has 19 heavy (non-hydrogen) atoms. The van der Waals surface area contributed by atoms with E-state index < -0.39 is 0 Å². The Morgan fingerprint density at radius 1 is 1.21 bits per heavy atom. The van der Waals surface area contributed by atoms with E-state index in [1.54, 1.807) is 0 Å². The first kappa shape index (κ1) is 13.4. The molecule has 0 N–H and O–H groups in total. The van der Waals surface area contributed by atoms with Gasteiger partial charge in [0.05, 0.1) is 0 Å². The smallest absolute Gasteiger partial charge is 0.202 e. The number of para-hydroxylation sites is 1. The maximum absolute atomic E-state index is 12.2. The number of nitrogens with zero attached hydrogens (tertiary/aromatic N) is 1. The van der Waals surface area contributed by atoms with Crippen LogP contribution in [0.15, 0.2) is 36.4 Å². The lowest BCUT2D eigenvalue weighted by atomic mass is 10.1. The van der Waals surface area contributed by atoms with Gasteiger partial charge in [0.15, 0.2) is 6.61 Å². The van der Waals surface area contributed by atoms with Gasteiger partial charge in [-0.25, -0.2) is 0 Å². The molecule has 0 aliphatic heterocycles. The fourth-order valence-electron chi connectivity index (χ4n) is 2.31. The molecule has 0 spiro atoms. The molecular formula is C16H19NO2. The minimum atomic E-state index is 0.0247. The molecule has 0 unspecified atom stereocenters. The van der Waals surface area contributed by atoms with Gasteiger partial charge in [0.2, 0.25) is 5.78 Å². The van der Waals surface area contributed by atoms with Crippen LogP contribution in [0.5, 0.6) is 5.75 Å². The van der Waals surface area contributed by atoms with Crippen LogP contribution in [-0.4, -0.2) is 17.0 Å². The van der Waals surface area contributed by atoms with Gasteiger partial charge in [-0.1, -0.05) is 18.2 Å². The summed E-state index contributed by atoms with van der Waals surface area (Å²) >= 11 is 0. The van der Waals surface area contributed by atoms with Crippen molar-refractivity contribution in [2.75, 3.05) is 6.61 Å². The molecule has 2 rings (SSSR count). The van der Waals surface area contributed by atoms with Crippen LogP contribution in [0, 0.1) is 13.8 Å². The van der Waals surface area contributed by atoms with Crippen molar-refractivity contribution >= 4 is 5.78 Å². The van der Waals surface area contributed by atoms with E-state index in [0.29, 0.717) is 0 Å². The lowest BCUT2D eigenvalue weighted by Gasteiger charge is -2.07. The number of ketones is 1. The second kappa shape index (κ2) is 5.74. The van der Waals surface area contributed by atoms with Gasteiger partial charge >= 0.3 is 0 Å². The Hall–Kier alpha value is -2.03. The zero-order chi connectivity index (χ0) is 13.8. The summed E-state index contributed by atoms with van der Waals surface area (Å²) in [5, 5.41) is 0. The summed E-state index contributed by atoms with van der Waals surface area (Å²) in [5.74, 6) is 0.747. The SMILES string of the molecule is CCn1c(C)cc(C(=O)COc2ccccc2)c1C. The van der Waals surface area contributed by atoms with E-state index in [9.17, 15) is 4.79 Å². The van der Waals surface area contributed by atoms with Gasteiger partial charge in [0, 0.05) is 23.5 Å². The summed E-state index contributed by atoms with van der Waals surface area (Å²) < 4.78 is 7.64. The quantitative estimate of drug-likeness (QED) is 0.769. The van der Waals surface area contributed by atoms with Crippen LogP contribution in [-0.2, 0) is 6.54 Å². The first-order valence-corrected chi connectivity index (χ1v) is 6.51. The molecule has 0 atom stereocenters. The number of hydrogen-bond donors (Lipinski definition) is 0.